The topological polar surface area (TPSA) is 12.0 Å². The molecule has 1 nitrogen and oxygen atoms in total. The van der Waals surface area contributed by atoms with E-state index in [9.17, 15) is 0 Å². The van der Waals surface area contributed by atoms with Crippen LogP contribution in [0.4, 0.5) is 0 Å². The van der Waals surface area contributed by atoms with E-state index in [2.05, 4.69) is 66.0 Å². The molecule has 1 heterocycles. The average Bonchev–Trinajstić information content (AvgIpc) is 2.96. The molecule has 1 heteroatoms. The summed E-state index contributed by atoms with van der Waals surface area (Å²) in [4.78, 5) is 0. The third kappa shape index (κ3) is 2.39. The highest BCUT2D eigenvalue weighted by atomic mass is 14.9. The Kier molecular flexibility index (Phi) is 3.45. The van der Waals surface area contributed by atoms with Crippen molar-refractivity contribution in [3.63, 3.8) is 0 Å². The number of fused-ring (bicyclic) bond motifs is 4. The summed E-state index contributed by atoms with van der Waals surface area (Å²) >= 11 is 0. The number of nitrogens with one attached hydrogen (secondary N) is 1. The molecule has 0 unspecified atom stereocenters. The van der Waals surface area contributed by atoms with Gasteiger partial charge in [0.1, 0.15) is 0 Å². The van der Waals surface area contributed by atoms with Gasteiger partial charge in [0.05, 0.1) is 0 Å². The Labute approximate surface area is 147 Å². The number of rotatable bonds is 1. The molecule has 2 aromatic rings. The van der Waals surface area contributed by atoms with E-state index in [0.29, 0.717) is 0 Å². The van der Waals surface area contributed by atoms with Crippen LogP contribution in [0.3, 0.4) is 0 Å². The third-order valence-electron chi connectivity index (χ3n) is 5.53. The first-order chi connectivity index (χ1) is 12.4. The summed E-state index contributed by atoms with van der Waals surface area (Å²) in [5.74, 6) is 0. The third-order valence-corrected chi connectivity index (χ3v) is 5.53. The van der Waals surface area contributed by atoms with Crippen LogP contribution in [0.5, 0.6) is 0 Å². The summed E-state index contributed by atoms with van der Waals surface area (Å²) < 4.78 is 0. The minimum Gasteiger partial charge on any atom is -0.361 e. The van der Waals surface area contributed by atoms with Gasteiger partial charge in [-0.3, -0.25) is 0 Å². The highest BCUT2D eigenvalue weighted by molar-refractivity contribution is 5.67. The van der Waals surface area contributed by atoms with Gasteiger partial charge in [-0.25, -0.2) is 0 Å². The highest BCUT2D eigenvalue weighted by Gasteiger charge is 2.17. The average molecular weight is 323 g/mol. The van der Waals surface area contributed by atoms with Crippen molar-refractivity contribution in [3.8, 4) is 0 Å². The van der Waals surface area contributed by atoms with Crippen LogP contribution in [0, 0.1) is 10.4 Å². The van der Waals surface area contributed by atoms with E-state index in [1.807, 2.05) is 12.3 Å². The largest absolute Gasteiger partial charge is 0.361 e. The molecule has 0 saturated heterocycles. The molecule has 25 heavy (non-hydrogen) atoms. The second-order valence-electron chi connectivity index (χ2n) is 6.91. The van der Waals surface area contributed by atoms with Crippen molar-refractivity contribution in [1.82, 2.24) is 5.32 Å². The molecule has 0 atom stereocenters. The fraction of sp³-hybridized carbons (Fsp3) is 0.167. The molecule has 0 amide bonds. The molecule has 0 bridgehead atoms. The molecule has 5 rings (SSSR count). The van der Waals surface area contributed by atoms with Crippen LogP contribution in [0.1, 0.15) is 24.0 Å². The van der Waals surface area contributed by atoms with E-state index in [-0.39, 0.29) is 0 Å². The van der Waals surface area contributed by atoms with Crippen LogP contribution in [-0.4, -0.2) is 0 Å². The van der Waals surface area contributed by atoms with Gasteiger partial charge in [-0.15, -0.1) is 0 Å². The normalized spacial score (nSPS) is 17.4. The fourth-order valence-corrected chi connectivity index (χ4v) is 4.38. The van der Waals surface area contributed by atoms with Gasteiger partial charge in [0.25, 0.3) is 0 Å². The number of hydrogen-bond donors (Lipinski definition) is 1. The van der Waals surface area contributed by atoms with Gasteiger partial charge in [-0.1, -0.05) is 54.6 Å². The summed E-state index contributed by atoms with van der Waals surface area (Å²) in [5, 5.41) is 9.10. The number of allylic oxidation sites excluding steroid dienone is 5. The van der Waals surface area contributed by atoms with E-state index >= 15 is 0 Å². The predicted octanol–water partition coefficient (Wildman–Crippen LogP) is 3.35. The second kappa shape index (κ2) is 5.93. The van der Waals surface area contributed by atoms with E-state index in [4.69, 9.17) is 0 Å². The molecule has 0 fully saturated rings. The van der Waals surface area contributed by atoms with Gasteiger partial charge in [0.2, 0.25) is 0 Å². The molecule has 0 aromatic heterocycles. The van der Waals surface area contributed by atoms with Crippen LogP contribution in [0.25, 0.3) is 11.6 Å². The zero-order valence-corrected chi connectivity index (χ0v) is 14.3. The quantitative estimate of drug-likeness (QED) is 0.849. The molecular weight excluding hydrogens is 302 g/mol. The van der Waals surface area contributed by atoms with E-state index in [1.165, 1.54) is 50.5 Å². The Bertz CT molecular complexity index is 1160. The first kappa shape index (κ1) is 14.5. The van der Waals surface area contributed by atoms with Crippen LogP contribution < -0.4 is 15.8 Å². The zero-order valence-electron chi connectivity index (χ0n) is 14.3. The SMILES string of the molecule is C1=CC=C(C2=c3ccc4c(c3CCC2)CC=c2ccccc2=4)NC=C1. The maximum absolute atomic E-state index is 3.46. The maximum Gasteiger partial charge on any atom is 0.0418 e. The van der Waals surface area contributed by atoms with Crippen molar-refractivity contribution >= 4 is 11.6 Å². The van der Waals surface area contributed by atoms with Crippen molar-refractivity contribution in [2.24, 2.45) is 0 Å². The lowest BCUT2D eigenvalue weighted by atomic mass is 9.85. The van der Waals surface area contributed by atoms with Crippen LogP contribution in [-0.2, 0) is 12.8 Å². The maximum atomic E-state index is 3.46. The zero-order chi connectivity index (χ0) is 16.6. The van der Waals surface area contributed by atoms with Gasteiger partial charge in [-0.2, -0.15) is 0 Å². The highest BCUT2D eigenvalue weighted by Crippen LogP contribution is 2.24. The molecule has 1 aliphatic heterocycles. The number of hydrogen-bond acceptors (Lipinski definition) is 1. The Morgan fingerprint density at radius 3 is 2.68 bits per heavy atom. The molecule has 1 N–H and O–H groups in total. The van der Waals surface area contributed by atoms with Crippen molar-refractivity contribution in [3.05, 3.63) is 105 Å². The first-order valence-corrected chi connectivity index (χ1v) is 9.16. The summed E-state index contributed by atoms with van der Waals surface area (Å²) in [6.45, 7) is 0. The summed E-state index contributed by atoms with van der Waals surface area (Å²) in [6.07, 6.45) is 17.5. The van der Waals surface area contributed by atoms with E-state index < -0.39 is 0 Å². The predicted molar refractivity (Wildman–Crippen MR) is 104 cm³/mol. The Balaban J connectivity index is 1.84. The molecule has 0 spiro atoms. The van der Waals surface area contributed by atoms with Gasteiger partial charge in [-0.05, 0) is 75.4 Å². The van der Waals surface area contributed by atoms with Crippen LogP contribution >= 0.6 is 0 Å². The standard InChI is InChI=1S/C24H21N/c1-2-11-24(25-16-5-1)23-10-6-9-19-21-13-12-17-7-3-4-8-18(17)20(21)14-15-22(19)23/h1-5,7-8,11-12,14-16,25H,6,9-10,13H2. The Hall–Kier alpha value is -2.80. The molecular formula is C24H21N. The molecule has 3 aliphatic rings. The number of benzene rings is 2. The van der Waals surface area contributed by atoms with Crippen molar-refractivity contribution in [1.29, 1.82) is 0 Å². The molecule has 2 aromatic carbocycles. The minimum absolute atomic E-state index is 1.05. The lowest BCUT2D eigenvalue weighted by Gasteiger charge is -2.22. The summed E-state index contributed by atoms with van der Waals surface area (Å²) in [5.41, 5.74) is 5.79. The summed E-state index contributed by atoms with van der Waals surface area (Å²) in [6, 6.07) is 13.5. The smallest absolute Gasteiger partial charge is 0.0418 e. The lowest BCUT2D eigenvalue weighted by molar-refractivity contribution is 0.801. The summed E-state index contributed by atoms with van der Waals surface area (Å²) in [7, 11) is 0. The molecule has 0 radical (unpaired) electrons. The molecule has 2 aliphatic carbocycles. The Morgan fingerprint density at radius 1 is 0.760 bits per heavy atom. The van der Waals surface area contributed by atoms with Gasteiger partial charge in [0.15, 0.2) is 0 Å². The second-order valence-corrected chi connectivity index (χ2v) is 6.91. The fourth-order valence-electron chi connectivity index (χ4n) is 4.38. The van der Waals surface area contributed by atoms with Gasteiger partial charge in [0, 0.05) is 11.9 Å². The van der Waals surface area contributed by atoms with E-state index in [1.54, 1.807) is 5.56 Å². The monoisotopic (exact) mass is 323 g/mol. The van der Waals surface area contributed by atoms with Crippen molar-refractivity contribution < 1.29 is 0 Å². The molecule has 0 saturated carbocycles. The van der Waals surface area contributed by atoms with Crippen molar-refractivity contribution in [2.45, 2.75) is 25.7 Å². The minimum atomic E-state index is 1.05. The Morgan fingerprint density at radius 2 is 1.68 bits per heavy atom. The molecule has 122 valence electrons. The van der Waals surface area contributed by atoms with E-state index in [0.717, 1.165) is 12.8 Å². The van der Waals surface area contributed by atoms with Crippen LogP contribution in [0.15, 0.2) is 72.6 Å². The van der Waals surface area contributed by atoms with Crippen LogP contribution in [0.2, 0.25) is 0 Å². The lowest BCUT2D eigenvalue weighted by Crippen LogP contribution is -2.25. The van der Waals surface area contributed by atoms with Gasteiger partial charge < -0.3 is 5.32 Å². The first-order valence-electron chi connectivity index (χ1n) is 9.16. The van der Waals surface area contributed by atoms with Crippen molar-refractivity contribution in [2.75, 3.05) is 0 Å². The van der Waals surface area contributed by atoms with Gasteiger partial charge >= 0.3 is 0 Å².